The average Bonchev–Trinajstić information content (AvgIpc) is 2.30. The Kier molecular flexibility index (Phi) is 2.79. The normalized spacial score (nSPS) is 10.3. The summed E-state index contributed by atoms with van der Waals surface area (Å²) in [5.74, 6) is -1.17. The number of phenolic OH excluding ortho intramolecular Hbond substituents is 1. The molecule has 3 N–H and O–H groups in total. The maximum Gasteiger partial charge on any atom is 0.393 e. The van der Waals surface area contributed by atoms with Gasteiger partial charge >= 0.3 is 16.9 Å². The average molecular weight is 265 g/mol. The van der Waals surface area contributed by atoms with E-state index in [1.165, 1.54) is 24.3 Å². The Morgan fingerprint density at radius 3 is 2.26 bits per heavy atom. The Morgan fingerprint density at radius 1 is 1.16 bits per heavy atom. The van der Waals surface area contributed by atoms with Crippen LogP contribution in [0.4, 0.5) is 5.69 Å². The highest BCUT2D eigenvalue weighted by Crippen LogP contribution is 2.22. The van der Waals surface area contributed by atoms with Gasteiger partial charge in [0.05, 0.1) is 10.6 Å². The minimum atomic E-state index is -1.29. The molecule has 0 aliphatic carbocycles. The molecule has 0 aliphatic rings. The monoisotopic (exact) mass is 265 g/mol. The predicted octanol–water partition coefficient (Wildman–Crippen LogP) is -0.155. The van der Waals surface area contributed by atoms with Gasteiger partial charge in [-0.25, -0.2) is 9.36 Å². The standard InChI is InChI=1S/C10H7N3O6/c14-6-3-1-5(2-4-6)12-9(16)7(13(18)19)8(15)11-10(12)17/h1-4,14,16H,(H,11,15,17). The van der Waals surface area contributed by atoms with Crippen molar-refractivity contribution in [3.63, 3.8) is 0 Å². The fraction of sp³-hybridized carbons (Fsp3) is 0. The van der Waals surface area contributed by atoms with E-state index in [1.807, 2.05) is 0 Å². The van der Waals surface area contributed by atoms with Gasteiger partial charge in [-0.2, -0.15) is 0 Å². The maximum atomic E-state index is 11.6. The molecule has 2 rings (SSSR count). The van der Waals surface area contributed by atoms with Crippen LogP contribution in [0.25, 0.3) is 5.69 Å². The lowest BCUT2D eigenvalue weighted by atomic mass is 10.3. The Bertz CT molecular complexity index is 758. The number of hydrogen-bond donors (Lipinski definition) is 3. The minimum absolute atomic E-state index is 0.0552. The van der Waals surface area contributed by atoms with Gasteiger partial charge in [0.1, 0.15) is 5.75 Å². The molecule has 98 valence electrons. The van der Waals surface area contributed by atoms with Crippen LogP contribution in [0.3, 0.4) is 0 Å². The van der Waals surface area contributed by atoms with Crippen LogP contribution in [0.15, 0.2) is 33.9 Å². The third-order valence-electron chi connectivity index (χ3n) is 2.35. The van der Waals surface area contributed by atoms with Gasteiger partial charge in [0, 0.05) is 0 Å². The molecule has 0 bridgehead atoms. The Balaban J connectivity index is 2.81. The zero-order valence-electron chi connectivity index (χ0n) is 9.23. The molecule has 19 heavy (non-hydrogen) atoms. The molecule has 1 aromatic heterocycles. The zero-order chi connectivity index (χ0) is 14.2. The van der Waals surface area contributed by atoms with E-state index in [0.717, 1.165) is 0 Å². The van der Waals surface area contributed by atoms with Gasteiger partial charge in [0.2, 0.25) is 0 Å². The first-order valence-electron chi connectivity index (χ1n) is 4.94. The molecule has 0 amide bonds. The summed E-state index contributed by atoms with van der Waals surface area (Å²) in [6.07, 6.45) is 0. The van der Waals surface area contributed by atoms with Crippen LogP contribution in [-0.2, 0) is 0 Å². The molecule has 9 heteroatoms. The molecule has 1 heterocycles. The largest absolute Gasteiger partial charge is 0.508 e. The highest BCUT2D eigenvalue weighted by atomic mass is 16.6. The highest BCUT2D eigenvalue weighted by molar-refractivity contribution is 5.45. The summed E-state index contributed by atoms with van der Waals surface area (Å²) in [5, 5.41) is 29.5. The molecule has 0 radical (unpaired) electrons. The summed E-state index contributed by atoms with van der Waals surface area (Å²) in [6, 6.07) is 4.94. The molecule has 0 spiro atoms. The number of hydrogen-bond acceptors (Lipinski definition) is 6. The number of H-pyrrole nitrogens is 1. The number of aromatic nitrogens is 2. The van der Waals surface area contributed by atoms with Gasteiger partial charge in [-0.3, -0.25) is 19.9 Å². The van der Waals surface area contributed by atoms with E-state index >= 15 is 0 Å². The number of benzene rings is 1. The fourth-order valence-electron chi connectivity index (χ4n) is 1.52. The summed E-state index contributed by atoms with van der Waals surface area (Å²) >= 11 is 0. The van der Waals surface area contributed by atoms with Crippen LogP contribution in [0.1, 0.15) is 0 Å². The number of nitrogens with zero attached hydrogens (tertiary/aromatic N) is 2. The zero-order valence-corrected chi connectivity index (χ0v) is 9.23. The van der Waals surface area contributed by atoms with Crippen LogP contribution < -0.4 is 11.2 Å². The molecule has 9 nitrogen and oxygen atoms in total. The number of nitrogens with one attached hydrogen (secondary N) is 1. The topological polar surface area (TPSA) is 138 Å². The van der Waals surface area contributed by atoms with Crippen molar-refractivity contribution < 1.29 is 15.1 Å². The summed E-state index contributed by atoms with van der Waals surface area (Å²) in [5.41, 5.74) is -3.39. The van der Waals surface area contributed by atoms with Crippen LogP contribution in [-0.4, -0.2) is 24.7 Å². The van der Waals surface area contributed by atoms with Crippen molar-refractivity contribution in [2.24, 2.45) is 0 Å². The smallest absolute Gasteiger partial charge is 0.393 e. The maximum absolute atomic E-state index is 11.6. The molecular formula is C10H7N3O6. The van der Waals surface area contributed by atoms with Crippen molar-refractivity contribution in [3.05, 3.63) is 55.2 Å². The van der Waals surface area contributed by atoms with Crippen molar-refractivity contribution in [1.29, 1.82) is 0 Å². The van der Waals surface area contributed by atoms with E-state index in [-0.39, 0.29) is 11.4 Å². The van der Waals surface area contributed by atoms with E-state index in [4.69, 9.17) is 5.11 Å². The van der Waals surface area contributed by atoms with Crippen LogP contribution in [0.2, 0.25) is 0 Å². The van der Waals surface area contributed by atoms with Crippen LogP contribution in [0.5, 0.6) is 11.6 Å². The molecule has 0 saturated heterocycles. The molecule has 2 aromatic rings. The van der Waals surface area contributed by atoms with Crippen molar-refractivity contribution in [2.45, 2.75) is 0 Å². The van der Waals surface area contributed by atoms with Gasteiger partial charge in [0.25, 0.3) is 5.88 Å². The van der Waals surface area contributed by atoms with E-state index in [1.54, 1.807) is 4.98 Å². The summed E-state index contributed by atoms with van der Waals surface area (Å²) in [6.45, 7) is 0. The van der Waals surface area contributed by atoms with E-state index < -0.39 is 27.7 Å². The molecule has 0 aliphatic heterocycles. The second-order valence-electron chi connectivity index (χ2n) is 3.54. The summed E-state index contributed by atoms with van der Waals surface area (Å²) in [7, 11) is 0. The number of nitro groups is 1. The first-order valence-corrected chi connectivity index (χ1v) is 4.94. The lowest BCUT2D eigenvalue weighted by Gasteiger charge is -2.07. The first kappa shape index (κ1) is 12.4. The first-order chi connectivity index (χ1) is 8.91. The number of phenols is 1. The molecule has 1 aromatic carbocycles. The summed E-state index contributed by atoms with van der Waals surface area (Å²) < 4.78 is 0.555. The van der Waals surface area contributed by atoms with Crippen molar-refractivity contribution in [3.8, 4) is 17.3 Å². The van der Waals surface area contributed by atoms with Crippen LogP contribution >= 0.6 is 0 Å². The van der Waals surface area contributed by atoms with Crippen molar-refractivity contribution >= 4 is 5.69 Å². The van der Waals surface area contributed by atoms with Crippen LogP contribution in [0, 0.1) is 10.1 Å². The van der Waals surface area contributed by atoms with Crippen molar-refractivity contribution in [2.75, 3.05) is 0 Å². The number of aromatic amines is 1. The Labute approximate surface area is 104 Å². The van der Waals surface area contributed by atoms with Gasteiger partial charge < -0.3 is 10.2 Å². The molecule has 0 fully saturated rings. The molecule has 0 unspecified atom stereocenters. The Morgan fingerprint density at radius 2 is 1.74 bits per heavy atom. The Hall–Kier alpha value is -3.10. The second-order valence-corrected chi connectivity index (χ2v) is 3.54. The van der Waals surface area contributed by atoms with Crippen molar-refractivity contribution in [1.82, 2.24) is 9.55 Å². The minimum Gasteiger partial charge on any atom is -0.508 e. The molecule has 0 atom stereocenters. The molecule has 0 saturated carbocycles. The van der Waals surface area contributed by atoms with E-state index in [9.17, 15) is 24.8 Å². The quantitative estimate of drug-likeness (QED) is 0.509. The number of rotatable bonds is 2. The molecular weight excluding hydrogens is 258 g/mol. The highest BCUT2D eigenvalue weighted by Gasteiger charge is 2.25. The third kappa shape index (κ3) is 2.04. The van der Waals surface area contributed by atoms with E-state index in [2.05, 4.69) is 0 Å². The van der Waals surface area contributed by atoms with Gasteiger partial charge in [0.15, 0.2) is 0 Å². The van der Waals surface area contributed by atoms with Gasteiger partial charge in [-0.1, -0.05) is 0 Å². The third-order valence-corrected chi connectivity index (χ3v) is 2.35. The SMILES string of the molecule is O=c1[nH]c(=O)n(-c2ccc(O)cc2)c(O)c1[N+](=O)[O-]. The fourth-order valence-corrected chi connectivity index (χ4v) is 1.52. The number of aromatic hydroxyl groups is 2. The van der Waals surface area contributed by atoms with Gasteiger partial charge in [-0.05, 0) is 24.3 Å². The predicted molar refractivity (Wildman–Crippen MR) is 62.6 cm³/mol. The lowest BCUT2D eigenvalue weighted by molar-refractivity contribution is -0.387. The second kappa shape index (κ2) is 4.29. The lowest BCUT2D eigenvalue weighted by Crippen LogP contribution is -2.30. The van der Waals surface area contributed by atoms with Gasteiger partial charge in [-0.15, -0.1) is 0 Å². The summed E-state index contributed by atoms with van der Waals surface area (Å²) in [4.78, 5) is 34.1. The van der Waals surface area contributed by atoms with E-state index in [0.29, 0.717) is 4.57 Å².